The van der Waals surface area contributed by atoms with Crippen LogP contribution < -0.4 is 4.74 Å². The summed E-state index contributed by atoms with van der Waals surface area (Å²) < 4.78 is 174. The molecule has 0 saturated carbocycles. The normalized spacial score (nSPS) is 16.8. The summed E-state index contributed by atoms with van der Waals surface area (Å²) in [6.45, 7) is -1.80. The number of ether oxygens (including phenoxy) is 1. The molecule has 226 valence electrons. The summed E-state index contributed by atoms with van der Waals surface area (Å²) in [5.41, 5.74) is 0. The first-order valence-electron chi connectivity index (χ1n) is 11.2. The molecule has 0 radical (unpaired) electrons. The average Bonchev–Trinajstić information content (AvgIpc) is 2.85. The minimum absolute atomic E-state index is 0.00268. The van der Waals surface area contributed by atoms with Crippen LogP contribution in [-0.4, -0.2) is 64.8 Å². The van der Waals surface area contributed by atoms with Crippen molar-refractivity contribution in [2.45, 2.75) is 47.4 Å². The Kier molecular flexibility index (Phi) is 9.26. The summed E-state index contributed by atoms with van der Waals surface area (Å²) in [5.74, 6) is -12.9. The maximum absolute atomic E-state index is 13.7. The number of halogens is 9. The van der Waals surface area contributed by atoms with Crippen LogP contribution in [0.4, 0.5) is 39.5 Å². The molecule has 0 unspecified atom stereocenters. The maximum atomic E-state index is 13.7. The molecule has 1 aliphatic rings. The minimum atomic E-state index is -7.63. The Morgan fingerprint density at radius 1 is 0.750 bits per heavy atom. The highest BCUT2D eigenvalue weighted by Gasteiger charge is 2.84. The smallest absolute Gasteiger partial charge is 0.460 e. The van der Waals surface area contributed by atoms with Crippen LogP contribution in [0.5, 0.6) is 5.75 Å². The fourth-order valence-corrected chi connectivity index (χ4v) is 8.41. The summed E-state index contributed by atoms with van der Waals surface area (Å²) in [5, 5.41) is -5.81. The highest BCUT2D eigenvalue weighted by molar-refractivity contribution is 8.10. The van der Waals surface area contributed by atoms with Gasteiger partial charge in [-0.3, -0.25) is 4.18 Å². The standard InChI is InChI=1S/C21H20F9NO6S3/c22-18(23,20(26,27)28)19(24,25)21(29,30)39(32,33)31-40(34,35)37-11-10-36-16-8-9-17(38-12-4-1-5-13-38)15-7-3-2-6-14(15)16/h2-3,6-9H,1,4-5,10-13H2. The number of benzene rings is 2. The molecule has 19 heteroatoms. The van der Waals surface area contributed by atoms with Crippen LogP contribution in [0.1, 0.15) is 19.3 Å². The van der Waals surface area contributed by atoms with E-state index in [0.29, 0.717) is 5.39 Å². The zero-order valence-electron chi connectivity index (χ0n) is 19.9. The first kappa shape index (κ1) is 32.6. The van der Waals surface area contributed by atoms with E-state index >= 15 is 0 Å². The molecule has 0 aliphatic carbocycles. The molecule has 1 saturated heterocycles. The lowest BCUT2D eigenvalue weighted by Gasteiger charge is -2.36. The van der Waals surface area contributed by atoms with Gasteiger partial charge in [0.05, 0.1) is 6.61 Å². The third-order valence-electron chi connectivity index (χ3n) is 5.64. The van der Waals surface area contributed by atoms with Gasteiger partial charge in [-0.15, -0.1) is 0 Å². The van der Waals surface area contributed by atoms with E-state index in [1.165, 1.54) is 4.13 Å². The SMILES string of the molecule is O=S(=O)([N-]S(=O)(=O)C(F)(F)C(F)(F)C(F)(F)C(F)(F)F)OCCOc1ccc([S+]2CCCCC2)c2ccccc12. The van der Waals surface area contributed by atoms with Crippen LogP contribution in [0.2, 0.25) is 0 Å². The highest BCUT2D eigenvalue weighted by Crippen LogP contribution is 2.55. The number of nitrogens with zero attached hydrogens (tertiary/aromatic N) is 1. The van der Waals surface area contributed by atoms with E-state index in [4.69, 9.17) is 4.74 Å². The Labute approximate surface area is 225 Å². The number of hydrogen-bond donors (Lipinski definition) is 0. The van der Waals surface area contributed by atoms with E-state index in [9.17, 15) is 56.3 Å². The molecule has 1 fully saturated rings. The van der Waals surface area contributed by atoms with Gasteiger partial charge in [0, 0.05) is 21.7 Å². The van der Waals surface area contributed by atoms with E-state index in [-0.39, 0.29) is 16.6 Å². The van der Waals surface area contributed by atoms with Crippen molar-refractivity contribution in [3.63, 3.8) is 0 Å². The summed E-state index contributed by atoms with van der Waals surface area (Å²) in [4.78, 5) is 1.10. The van der Waals surface area contributed by atoms with Gasteiger partial charge in [-0.05, 0) is 37.5 Å². The molecule has 40 heavy (non-hydrogen) atoms. The average molecular weight is 650 g/mol. The Morgan fingerprint density at radius 3 is 1.90 bits per heavy atom. The van der Waals surface area contributed by atoms with Crippen molar-refractivity contribution in [3.8, 4) is 5.75 Å². The van der Waals surface area contributed by atoms with E-state index in [2.05, 4.69) is 4.18 Å². The first-order valence-corrected chi connectivity index (χ1v) is 15.5. The molecule has 3 rings (SSSR count). The Balaban J connectivity index is 1.69. The van der Waals surface area contributed by atoms with Crippen LogP contribution in [0, 0.1) is 0 Å². The molecule has 0 amide bonds. The van der Waals surface area contributed by atoms with Crippen molar-refractivity contribution < 1.29 is 65.3 Å². The highest BCUT2D eigenvalue weighted by atomic mass is 32.3. The fraction of sp³-hybridized carbons (Fsp3) is 0.524. The molecule has 0 bridgehead atoms. The van der Waals surface area contributed by atoms with Crippen molar-refractivity contribution in [2.75, 3.05) is 24.7 Å². The third kappa shape index (κ3) is 6.27. The molecular weight excluding hydrogens is 629 g/mol. The molecule has 0 spiro atoms. The van der Waals surface area contributed by atoms with Gasteiger partial charge in [0.2, 0.25) is 10.3 Å². The van der Waals surface area contributed by atoms with Crippen molar-refractivity contribution in [2.24, 2.45) is 0 Å². The zero-order valence-corrected chi connectivity index (χ0v) is 22.4. The van der Waals surface area contributed by atoms with Gasteiger partial charge in [0.25, 0.3) is 0 Å². The van der Waals surface area contributed by atoms with Gasteiger partial charge in [0.1, 0.15) is 23.9 Å². The van der Waals surface area contributed by atoms with Crippen molar-refractivity contribution in [1.29, 1.82) is 0 Å². The second kappa shape index (κ2) is 11.4. The number of alkyl halides is 9. The van der Waals surface area contributed by atoms with E-state index in [1.807, 2.05) is 12.1 Å². The largest absolute Gasteiger partial charge is 0.490 e. The van der Waals surface area contributed by atoms with Crippen LogP contribution >= 0.6 is 0 Å². The molecular formula is C21H20F9NO6S3. The molecule has 1 heterocycles. The van der Waals surface area contributed by atoms with E-state index in [0.717, 1.165) is 41.0 Å². The Hall–Kier alpha value is -1.96. The number of fused-ring (bicyclic) bond motifs is 1. The van der Waals surface area contributed by atoms with E-state index in [1.54, 1.807) is 24.3 Å². The minimum Gasteiger partial charge on any atom is -0.490 e. The number of sulfonamides is 1. The van der Waals surface area contributed by atoms with Crippen LogP contribution in [-0.2, 0) is 35.4 Å². The summed E-state index contributed by atoms with van der Waals surface area (Å²) in [6, 6.07) is 10.5. The van der Waals surface area contributed by atoms with Crippen LogP contribution in [0.15, 0.2) is 41.3 Å². The Bertz CT molecular complexity index is 1430. The van der Waals surface area contributed by atoms with Crippen molar-refractivity contribution in [3.05, 3.63) is 40.5 Å². The lowest BCUT2D eigenvalue weighted by atomic mass is 10.1. The lowest BCUT2D eigenvalue weighted by molar-refractivity contribution is -0.382. The maximum Gasteiger partial charge on any atom is 0.460 e. The molecule has 0 aromatic heterocycles. The zero-order chi connectivity index (χ0) is 30.2. The van der Waals surface area contributed by atoms with Crippen molar-refractivity contribution in [1.82, 2.24) is 0 Å². The lowest BCUT2D eigenvalue weighted by Crippen LogP contribution is -2.63. The van der Waals surface area contributed by atoms with E-state index < -0.39 is 56.8 Å². The second-order valence-corrected chi connectivity index (χ2v) is 13.8. The van der Waals surface area contributed by atoms with Gasteiger partial charge in [0.15, 0.2) is 14.9 Å². The third-order valence-corrected chi connectivity index (χ3v) is 11.1. The van der Waals surface area contributed by atoms with Crippen LogP contribution in [0.25, 0.3) is 14.9 Å². The quantitative estimate of drug-likeness (QED) is 0.174. The molecule has 0 N–H and O–H groups in total. The summed E-state index contributed by atoms with van der Waals surface area (Å²) in [6.07, 6.45) is -4.02. The molecule has 1 aliphatic heterocycles. The first-order chi connectivity index (χ1) is 18.3. The predicted octanol–water partition coefficient (Wildman–Crippen LogP) is 5.77. The Morgan fingerprint density at radius 2 is 1.32 bits per heavy atom. The second-order valence-electron chi connectivity index (χ2n) is 8.38. The van der Waals surface area contributed by atoms with Gasteiger partial charge in [-0.1, -0.05) is 18.2 Å². The van der Waals surface area contributed by atoms with Gasteiger partial charge in [-0.2, -0.15) is 39.5 Å². The molecule has 7 nitrogen and oxygen atoms in total. The monoisotopic (exact) mass is 649 g/mol. The van der Waals surface area contributed by atoms with Crippen molar-refractivity contribution >= 4 is 42.0 Å². The number of hydrogen-bond acceptors (Lipinski definition) is 6. The predicted molar refractivity (Wildman–Crippen MR) is 127 cm³/mol. The van der Waals surface area contributed by atoms with Gasteiger partial charge >= 0.3 is 23.3 Å². The summed E-state index contributed by atoms with van der Waals surface area (Å²) in [7, 11) is -13.6. The number of rotatable bonds is 11. The van der Waals surface area contributed by atoms with Crippen LogP contribution in [0.3, 0.4) is 0 Å². The van der Waals surface area contributed by atoms with Gasteiger partial charge < -0.3 is 8.86 Å². The summed E-state index contributed by atoms with van der Waals surface area (Å²) >= 11 is 0. The van der Waals surface area contributed by atoms with Gasteiger partial charge in [-0.25, -0.2) is 16.8 Å². The molecule has 2 aromatic carbocycles. The molecule has 0 atom stereocenters. The topological polar surface area (TPSA) is 101 Å². The molecule has 2 aromatic rings. The fourth-order valence-electron chi connectivity index (χ4n) is 3.67.